The van der Waals surface area contributed by atoms with Crippen molar-refractivity contribution in [3.8, 4) is 0 Å². The van der Waals surface area contributed by atoms with E-state index in [1.54, 1.807) is 6.92 Å². The van der Waals surface area contributed by atoms with Crippen molar-refractivity contribution in [1.82, 2.24) is 0 Å². The molecule has 0 amide bonds. The van der Waals surface area contributed by atoms with Gasteiger partial charge in [-0.05, 0) is 18.8 Å². The fourth-order valence-corrected chi connectivity index (χ4v) is 1.99. The first kappa shape index (κ1) is 11.9. The Kier molecular flexibility index (Phi) is 3.53. The van der Waals surface area contributed by atoms with Gasteiger partial charge in [0.15, 0.2) is 6.29 Å². The number of aliphatic hydroxyl groups is 2. The van der Waals surface area contributed by atoms with E-state index in [-0.39, 0.29) is 24.5 Å². The maximum absolute atomic E-state index is 10.2. The van der Waals surface area contributed by atoms with Gasteiger partial charge in [0.1, 0.15) is 5.60 Å². The lowest BCUT2D eigenvalue weighted by molar-refractivity contribution is -0.304. The topological polar surface area (TPSA) is 58.9 Å². The third-order valence-corrected chi connectivity index (χ3v) is 3.47. The molecule has 0 saturated carbocycles. The van der Waals surface area contributed by atoms with Crippen LogP contribution in [-0.2, 0) is 9.47 Å². The molecule has 2 N–H and O–H groups in total. The summed E-state index contributed by atoms with van der Waals surface area (Å²) in [6.07, 6.45) is -0.916. The van der Waals surface area contributed by atoms with Crippen LogP contribution in [0.3, 0.4) is 0 Å². The van der Waals surface area contributed by atoms with Gasteiger partial charge in [-0.1, -0.05) is 13.8 Å². The van der Waals surface area contributed by atoms with Gasteiger partial charge in [0.2, 0.25) is 0 Å². The molecule has 0 bridgehead atoms. The van der Waals surface area contributed by atoms with Gasteiger partial charge in [0, 0.05) is 7.11 Å². The second-order valence-corrected chi connectivity index (χ2v) is 4.30. The molecule has 0 spiro atoms. The third-order valence-electron chi connectivity index (χ3n) is 3.47. The molecule has 0 radical (unpaired) electrons. The molecule has 0 aliphatic carbocycles. The number of ether oxygens (including phenoxy) is 2. The first-order valence-corrected chi connectivity index (χ1v) is 4.96. The monoisotopic (exact) mass is 204 g/mol. The molecule has 14 heavy (non-hydrogen) atoms. The Labute approximate surface area is 84.8 Å². The molecule has 1 saturated heterocycles. The summed E-state index contributed by atoms with van der Waals surface area (Å²) in [4.78, 5) is 0. The van der Waals surface area contributed by atoms with Gasteiger partial charge in [-0.3, -0.25) is 0 Å². The van der Waals surface area contributed by atoms with Crippen LogP contribution in [0.4, 0.5) is 0 Å². The van der Waals surface area contributed by atoms with E-state index in [4.69, 9.17) is 14.6 Å². The number of rotatable bonds is 2. The van der Waals surface area contributed by atoms with E-state index in [1.165, 1.54) is 7.11 Å². The van der Waals surface area contributed by atoms with Crippen LogP contribution in [0.2, 0.25) is 0 Å². The molecule has 5 unspecified atom stereocenters. The van der Waals surface area contributed by atoms with Crippen LogP contribution in [0.25, 0.3) is 0 Å². The molecule has 4 nitrogen and oxygen atoms in total. The zero-order chi connectivity index (χ0) is 10.9. The van der Waals surface area contributed by atoms with Crippen molar-refractivity contribution < 1.29 is 19.7 Å². The van der Waals surface area contributed by atoms with Crippen molar-refractivity contribution in [2.24, 2.45) is 11.8 Å². The first-order chi connectivity index (χ1) is 6.45. The molecule has 4 heteroatoms. The maximum Gasteiger partial charge on any atom is 0.186 e. The highest BCUT2D eigenvalue weighted by Gasteiger charge is 2.48. The predicted octanol–water partition coefficient (Wildman–Crippen LogP) is 0.373. The van der Waals surface area contributed by atoms with Gasteiger partial charge in [-0.25, -0.2) is 0 Å². The van der Waals surface area contributed by atoms with Gasteiger partial charge in [0.25, 0.3) is 0 Å². The minimum absolute atomic E-state index is 0.0262. The zero-order valence-electron chi connectivity index (χ0n) is 9.23. The Morgan fingerprint density at radius 1 is 1.43 bits per heavy atom. The first-order valence-electron chi connectivity index (χ1n) is 4.96. The average Bonchev–Trinajstić information content (AvgIpc) is 2.15. The largest absolute Gasteiger partial charge is 0.394 e. The normalized spacial score (nSPS) is 49.3. The number of hydrogen-bond donors (Lipinski definition) is 2. The van der Waals surface area contributed by atoms with E-state index in [0.29, 0.717) is 0 Å². The van der Waals surface area contributed by atoms with Crippen molar-refractivity contribution in [2.75, 3.05) is 13.7 Å². The Hall–Kier alpha value is -0.160. The molecule has 5 atom stereocenters. The molecule has 1 rings (SSSR count). The quantitative estimate of drug-likeness (QED) is 0.682. The lowest BCUT2D eigenvalue weighted by Crippen LogP contribution is -2.58. The van der Waals surface area contributed by atoms with Crippen molar-refractivity contribution in [3.05, 3.63) is 0 Å². The van der Waals surface area contributed by atoms with Crippen molar-refractivity contribution in [1.29, 1.82) is 0 Å². The summed E-state index contributed by atoms with van der Waals surface area (Å²) in [5.41, 5.74) is -1.00. The van der Waals surface area contributed by atoms with Crippen LogP contribution in [0.5, 0.6) is 0 Å². The molecule has 0 aromatic rings. The van der Waals surface area contributed by atoms with Crippen molar-refractivity contribution >= 4 is 0 Å². The molecular weight excluding hydrogens is 184 g/mol. The van der Waals surface area contributed by atoms with Crippen LogP contribution in [0.1, 0.15) is 20.8 Å². The molecule has 0 aromatic carbocycles. The van der Waals surface area contributed by atoms with Crippen LogP contribution >= 0.6 is 0 Å². The van der Waals surface area contributed by atoms with Crippen LogP contribution in [-0.4, -0.2) is 41.9 Å². The summed E-state index contributed by atoms with van der Waals surface area (Å²) in [6.45, 7) is 5.57. The molecule has 84 valence electrons. The number of aliphatic hydroxyl groups excluding tert-OH is 1. The standard InChI is InChI=1S/C10H20O4/c1-6-7(2)10(3,12)9(13-4)14-8(6)5-11/h6-9,11-12H,5H2,1-4H3. The summed E-state index contributed by atoms with van der Waals surface area (Å²) in [7, 11) is 1.50. The summed E-state index contributed by atoms with van der Waals surface area (Å²) in [5.74, 6) is 0.139. The van der Waals surface area contributed by atoms with E-state index in [2.05, 4.69) is 0 Å². The van der Waals surface area contributed by atoms with Crippen LogP contribution < -0.4 is 0 Å². The predicted molar refractivity (Wildman–Crippen MR) is 51.7 cm³/mol. The van der Waals surface area contributed by atoms with E-state index >= 15 is 0 Å². The summed E-state index contributed by atoms with van der Waals surface area (Å²) < 4.78 is 10.5. The minimum Gasteiger partial charge on any atom is -0.394 e. The number of methoxy groups -OCH3 is 1. The Morgan fingerprint density at radius 3 is 2.43 bits per heavy atom. The maximum atomic E-state index is 10.2. The lowest BCUT2D eigenvalue weighted by Gasteiger charge is -2.47. The Balaban J connectivity index is 2.83. The summed E-state index contributed by atoms with van der Waals surface area (Å²) in [5, 5.41) is 19.3. The SMILES string of the molecule is COC1OC(CO)C(C)C(C)C1(C)O. The van der Waals surface area contributed by atoms with E-state index in [0.717, 1.165) is 0 Å². The lowest BCUT2D eigenvalue weighted by atomic mass is 9.76. The van der Waals surface area contributed by atoms with Crippen LogP contribution in [0, 0.1) is 11.8 Å². The van der Waals surface area contributed by atoms with E-state index < -0.39 is 11.9 Å². The highest BCUT2D eigenvalue weighted by Crippen LogP contribution is 2.37. The minimum atomic E-state index is -1.00. The molecule has 1 aliphatic heterocycles. The van der Waals surface area contributed by atoms with Crippen LogP contribution in [0.15, 0.2) is 0 Å². The summed E-state index contributed by atoms with van der Waals surface area (Å²) in [6, 6.07) is 0. The fraction of sp³-hybridized carbons (Fsp3) is 1.00. The smallest absolute Gasteiger partial charge is 0.186 e. The molecule has 1 aliphatic rings. The molecule has 0 aromatic heterocycles. The molecule has 1 heterocycles. The van der Waals surface area contributed by atoms with Crippen molar-refractivity contribution in [2.45, 2.75) is 38.8 Å². The van der Waals surface area contributed by atoms with Gasteiger partial charge in [0.05, 0.1) is 12.7 Å². The number of hydrogen-bond acceptors (Lipinski definition) is 4. The highest BCUT2D eigenvalue weighted by molar-refractivity contribution is 4.93. The highest BCUT2D eigenvalue weighted by atomic mass is 16.7. The molecule has 1 fully saturated rings. The third kappa shape index (κ3) is 1.80. The molecular formula is C10H20O4. The van der Waals surface area contributed by atoms with E-state index in [9.17, 15) is 5.11 Å². The van der Waals surface area contributed by atoms with Gasteiger partial charge in [-0.2, -0.15) is 0 Å². The van der Waals surface area contributed by atoms with Crippen molar-refractivity contribution in [3.63, 3.8) is 0 Å². The van der Waals surface area contributed by atoms with Gasteiger partial charge >= 0.3 is 0 Å². The second-order valence-electron chi connectivity index (χ2n) is 4.30. The summed E-state index contributed by atoms with van der Waals surface area (Å²) >= 11 is 0. The zero-order valence-corrected chi connectivity index (χ0v) is 9.23. The Morgan fingerprint density at radius 2 is 2.00 bits per heavy atom. The van der Waals surface area contributed by atoms with E-state index in [1.807, 2.05) is 13.8 Å². The average molecular weight is 204 g/mol. The van der Waals surface area contributed by atoms with Gasteiger partial charge in [-0.15, -0.1) is 0 Å². The fourth-order valence-electron chi connectivity index (χ4n) is 1.99. The second kappa shape index (κ2) is 4.14. The Bertz CT molecular complexity index is 189. The van der Waals surface area contributed by atoms with Gasteiger partial charge < -0.3 is 19.7 Å².